The third-order valence-corrected chi connectivity index (χ3v) is 4.01. The minimum Gasteiger partial charge on any atom is -0.493 e. The van der Waals surface area contributed by atoms with Gasteiger partial charge in [-0.05, 0) is 31.5 Å². The second kappa shape index (κ2) is 10.2. The van der Waals surface area contributed by atoms with Crippen molar-refractivity contribution in [3.63, 3.8) is 0 Å². The Kier molecular flexibility index (Phi) is 7.70. The average Bonchev–Trinajstić information content (AvgIpc) is 2.71. The van der Waals surface area contributed by atoms with E-state index in [-0.39, 0.29) is 18.0 Å². The Morgan fingerprint density at radius 1 is 0.931 bits per heavy atom. The SMILES string of the molecule is COc1cc(NC(=O)c2ccc(CNC(=O)NC(C)C)cc2)cc(OC)c1OC. The smallest absolute Gasteiger partial charge is 0.315 e. The Balaban J connectivity index is 2.05. The van der Waals surface area contributed by atoms with Crippen LogP contribution in [-0.4, -0.2) is 39.3 Å². The van der Waals surface area contributed by atoms with E-state index in [1.165, 1.54) is 21.3 Å². The van der Waals surface area contributed by atoms with Crippen molar-refractivity contribution in [2.75, 3.05) is 26.6 Å². The summed E-state index contributed by atoms with van der Waals surface area (Å²) >= 11 is 0. The van der Waals surface area contributed by atoms with Crippen molar-refractivity contribution >= 4 is 17.6 Å². The van der Waals surface area contributed by atoms with E-state index in [4.69, 9.17) is 14.2 Å². The molecule has 0 bridgehead atoms. The van der Waals surface area contributed by atoms with Crippen molar-refractivity contribution in [1.29, 1.82) is 0 Å². The number of carbonyl (C=O) groups excluding carboxylic acids is 2. The van der Waals surface area contributed by atoms with Crippen LogP contribution in [0, 0.1) is 0 Å². The first-order chi connectivity index (χ1) is 13.9. The molecule has 0 aliphatic carbocycles. The minimum atomic E-state index is -0.281. The summed E-state index contributed by atoms with van der Waals surface area (Å²) in [7, 11) is 4.54. The van der Waals surface area contributed by atoms with E-state index in [1.54, 1.807) is 36.4 Å². The molecule has 156 valence electrons. The van der Waals surface area contributed by atoms with E-state index in [9.17, 15) is 9.59 Å². The normalized spacial score (nSPS) is 10.3. The number of hydrogen-bond acceptors (Lipinski definition) is 5. The molecule has 0 atom stereocenters. The fourth-order valence-electron chi connectivity index (χ4n) is 2.63. The quantitative estimate of drug-likeness (QED) is 0.631. The number of ether oxygens (including phenoxy) is 3. The summed E-state index contributed by atoms with van der Waals surface area (Å²) in [4.78, 5) is 24.2. The highest BCUT2D eigenvalue weighted by atomic mass is 16.5. The van der Waals surface area contributed by atoms with E-state index in [2.05, 4.69) is 16.0 Å². The number of hydrogen-bond donors (Lipinski definition) is 3. The lowest BCUT2D eigenvalue weighted by Crippen LogP contribution is -2.39. The van der Waals surface area contributed by atoms with Gasteiger partial charge in [-0.2, -0.15) is 0 Å². The number of amides is 3. The molecule has 0 heterocycles. The molecule has 0 saturated carbocycles. The van der Waals surface area contributed by atoms with Crippen molar-refractivity contribution in [2.45, 2.75) is 26.4 Å². The maximum atomic E-state index is 12.6. The third-order valence-electron chi connectivity index (χ3n) is 4.01. The summed E-state index contributed by atoms with van der Waals surface area (Å²) in [6.07, 6.45) is 0. The lowest BCUT2D eigenvalue weighted by Gasteiger charge is -2.14. The molecule has 0 unspecified atom stereocenters. The second-order valence-electron chi connectivity index (χ2n) is 6.55. The summed E-state index contributed by atoms with van der Waals surface area (Å²) in [6, 6.07) is 10.1. The predicted molar refractivity (Wildman–Crippen MR) is 111 cm³/mol. The van der Waals surface area contributed by atoms with Crippen LogP contribution < -0.4 is 30.2 Å². The zero-order valence-corrected chi connectivity index (χ0v) is 17.3. The molecular formula is C21H27N3O5. The van der Waals surface area contributed by atoms with Crippen molar-refractivity contribution < 1.29 is 23.8 Å². The first-order valence-corrected chi connectivity index (χ1v) is 9.12. The summed E-state index contributed by atoms with van der Waals surface area (Å²) < 4.78 is 15.9. The Labute approximate surface area is 170 Å². The molecule has 8 nitrogen and oxygen atoms in total. The molecule has 8 heteroatoms. The Morgan fingerprint density at radius 3 is 2.00 bits per heavy atom. The monoisotopic (exact) mass is 401 g/mol. The van der Waals surface area contributed by atoms with Crippen LogP contribution >= 0.6 is 0 Å². The lowest BCUT2D eigenvalue weighted by atomic mass is 10.1. The summed E-state index contributed by atoms with van der Waals surface area (Å²) in [5.41, 5.74) is 1.88. The highest BCUT2D eigenvalue weighted by Gasteiger charge is 2.15. The number of benzene rings is 2. The zero-order chi connectivity index (χ0) is 21.4. The molecule has 3 amide bonds. The topological polar surface area (TPSA) is 97.9 Å². The fraction of sp³-hybridized carbons (Fsp3) is 0.333. The summed E-state index contributed by atoms with van der Waals surface area (Å²) in [5.74, 6) is 1.06. The van der Waals surface area contributed by atoms with E-state index in [1.807, 2.05) is 13.8 Å². The molecular weight excluding hydrogens is 374 g/mol. The largest absolute Gasteiger partial charge is 0.493 e. The highest BCUT2D eigenvalue weighted by Crippen LogP contribution is 2.40. The third kappa shape index (κ3) is 6.03. The van der Waals surface area contributed by atoms with Crippen molar-refractivity contribution in [1.82, 2.24) is 10.6 Å². The van der Waals surface area contributed by atoms with E-state index in [0.717, 1.165) is 5.56 Å². The van der Waals surface area contributed by atoms with Gasteiger partial charge in [0.15, 0.2) is 11.5 Å². The molecule has 2 aromatic carbocycles. The number of carbonyl (C=O) groups is 2. The van der Waals surface area contributed by atoms with Gasteiger partial charge in [0.2, 0.25) is 5.75 Å². The Morgan fingerprint density at radius 2 is 1.52 bits per heavy atom. The first kappa shape index (κ1) is 21.9. The van der Waals surface area contributed by atoms with Crippen LogP contribution in [0.4, 0.5) is 10.5 Å². The van der Waals surface area contributed by atoms with Crippen LogP contribution in [0.5, 0.6) is 17.2 Å². The van der Waals surface area contributed by atoms with Gasteiger partial charge < -0.3 is 30.2 Å². The van der Waals surface area contributed by atoms with Gasteiger partial charge in [0.05, 0.1) is 21.3 Å². The second-order valence-corrected chi connectivity index (χ2v) is 6.55. The van der Waals surface area contributed by atoms with E-state index < -0.39 is 0 Å². The minimum absolute atomic E-state index is 0.0660. The molecule has 3 N–H and O–H groups in total. The van der Waals surface area contributed by atoms with Gasteiger partial charge in [0.1, 0.15) is 0 Å². The molecule has 0 fully saturated rings. The van der Waals surface area contributed by atoms with Crippen molar-refractivity contribution in [2.24, 2.45) is 0 Å². The van der Waals surface area contributed by atoms with Gasteiger partial charge >= 0.3 is 6.03 Å². The molecule has 0 spiro atoms. The van der Waals surface area contributed by atoms with Gasteiger partial charge in [-0.25, -0.2) is 4.79 Å². The number of urea groups is 1. The molecule has 2 rings (SSSR count). The molecule has 0 aliphatic heterocycles. The van der Waals surface area contributed by atoms with Crippen LogP contribution in [0.25, 0.3) is 0 Å². The zero-order valence-electron chi connectivity index (χ0n) is 17.3. The average molecular weight is 401 g/mol. The maximum absolute atomic E-state index is 12.6. The summed E-state index contributed by atoms with van der Waals surface area (Å²) in [6.45, 7) is 4.15. The van der Waals surface area contributed by atoms with Gasteiger partial charge in [-0.15, -0.1) is 0 Å². The molecule has 0 radical (unpaired) electrons. The lowest BCUT2D eigenvalue weighted by molar-refractivity contribution is 0.102. The number of anilines is 1. The Hall–Kier alpha value is -3.42. The van der Waals surface area contributed by atoms with Crippen LogP contribution in [0.2, 0.25) is 0 Å². The number of methoxy groups -OCH3 is 3. The molecule has 2 aromatic rings. The molecule has 0 aromatic heterocycles. The maximum Gasteiger partial charge on any atom is 0.315 e. The van der Waals surface area contributed by atoms with Crippen LogP contribution in [0.1, 0.15) is 29.8 Å². The Bertz CT molecular complexity index is 825. The number of rotatable bonds is 8. The van der Waals surface area contributed by atoms with Gasteiger partial charge in [-0.1, -0.05) is 12.1 Å². The van der Waals surface area contributed by atoms with Crippen molar-refractivity contribution in [3.05, 3.63) is 47.5 Å². The van der Waals surface area contributed by atoms with Crippen molar-refractivity contribution in [3.8, 4) is 17.2 Å². The first-order valence-electron chi connectivity index (χ1n) is 9.12. The van der Waals surface area contributed by atoms with Crippen LogP contribution in [0.15, 0.2) is 36.4 Å². The molecule has 0 aliphatic rings. The predicted octanol–water partition coefficient (Wildman–Crippen LogP) is 3.17. The summed E-state index contributed by atoms with van der Waals surface area (Å²) in [5, 5.41) is 8.33. The van der Waals surface area contributed by atoms with E-state index in [0.29, 0.717) is 35.0 Å². The van der Waals surface area contributed by atoms with Crippen LogP contribution in [0.3, 0.4) is 0 Å². The fourth-order valence-corrected chi connectivity index (χ4v) is 2.63. The van der Waals surface area contributed by atoms with Gasteiger partial charge in [0.25, 0.3) is 5.91 Å². The van der Waals surface area contributed by atoms with E-state index >= 15 is 0 Å². The molecule has 29 heavy (non-hydrogen) atoms. The standard InChI is InChI=1S/C21H27N3O5/c1-13(2)23-21(26)22-12-14-6-8-15(9-7-14)20(25)24-16-10-17(27-3)19(29-5)18(11-16)28-4/h6-11,13H,12H2,1-5H3,(H,24,25)(H2,22,23,26). The highest BCUT2D eigenvalue weighted by molar-refractivity contribution is 6.04. The van der Waals surface area contributed by atoms with Gasteiger partial charge in [-0.3, -0.25) is 4.79 Å². The number of nitrogens with one attached hydrogen (secondary N) is 3. The molecule has 0 saturated heterocycles. The van der Waals surface area contributed by atoms with Gasteiger partial charge in [0, 0.05) is 36.0 Å². The van der Waals surface area contributed by atoms with Crippen LogP contribution in [-0.2, 0) is 6.54 Å².